The maximum absolute atomic E-state index is 12.6. The molecule has 0 radical (unpaired) electrons. The Morgan fingerprint density at radius 2 is 1.57 bits per heavy atom. The molecule has 0 atom stereocenters. The minimum absolute atomic E-state index is 0.0406. The predicted octanol–water partition coefficient (Wildman–Crippen LogP) is 4.00. The van der Waals surface area contributed by atoms with Crippen LogP contribution >= 0.6 is 23.2 Å². The van der Waals surface area contributed by atoms with Crippen LogP contribution < -0.4 is 4.74 Å². The van der Waals surface area contributed by atoms with Crippen molar-refractivity contribution in [1.29, 1.82) is 0 Å². The van der Waals surface area contributed by atoms with E-state index in [1.165, 1.54) is 6.08 Å². The zero-order chi connectivity index (χ0) is 20.1. The summed E-state index contributed by atoms with van der Waals surface area (Å²) in [4.78, 5) is 28.5. The highest BCUT2D eigenvalue weighted by Gasteiger charge is 2.23. The number of hydrogen-bond donors (Lipinski definition) is 0. The molecule has 1 heterocycles. The summed E-state index contributed by atoms with van der Waals surface area (Å²) in [6.07, 6.45) is 3.22. The topological polar surface area (TPSA) is 49.9 Å². The first-order valence-corrected chi connectivity index (χ1v) is 9.59. The van der Waals surface area contributed by atoms with Gasteiger partial charge in [0.2, 0.25) is 5.91 Å². The SMILES string of the molecule is COc1ccc(C(=O)N2CCN(C(=O)C=Cc3ccc(Cl)c(Cl)c3)CC2)cc1. The van der Waals surface area contributed by atoms with Crippen molar-refractivity contribution in [3.05, 3.63) is 69.7 Å². The summed E-state index contributed by atoms with van der Waals surface area (Å²) in [5, 5.41) is 0.921. The molecule has 2 aromatic rings. The van der Waals surface area contributed by atoms with Crippen molar-refractivity contribution < 1.29 is 14.3 Å². The molecule has 0 bridgehead atoms. The summed E-state index contributed by atoms with van der Waals surface area (Å²) >= 11 is 11.9. The molecule has 1 aliphatic rings. The molecule has 0 aliphatic carbocycles. The molecule has 0 saturated carbocycles. The van der Waals surface area contributed by atoms with Crippen LogP contribution in [0.3, 0.4) is 0 Å². The van der Waals surface area contributed by atoms with Gasteiger partial charge in [-0.1, -0.05) is 29.3 Å². The standard InChI is InChI=1S/C21H20Cl2N2O3/c1-28-17-6-4-16(5-7-17)21(27)25-12-10-24(11-13-25)20(26)9-3-15-2-8-18(22)19(23)14-15/h2-9,14H,10-13H2,1H3. The zero-order valence-electron chi connectivity index (χ0n) is 15.4. The highest BCUT2D eigenvalue weighted by atomic mass is 35.5. The third kappa shape index (κ3) is 4.86. The third-order valence-electron chi connectivity index (χ3n) is 4.58. The van der Waals surface area contributed by atoms with Gasteiger partial charge in [0.05, 0.1) is 17.2 Å². The Hall–Kier alpha value is -2.50. The van der Waals surface area contributed by atoms with E-state index in [1.54, 1.807) is 65.5 Å². The van der Waals surface area contributed by atoms with E-state index in [9.17, 15) is 9.59 Å². The fourth-order valence-corrected chi connectivity index (χ4v) is 3.24. The van der Waals surface area contributed by atoms with E-state index in [-0.39, 0.29) is 11.8 Å². The first-order chi connectivity index (χ1) is 13.5. The van der Waals surface area contributed by atoms with Crippen LogP contribution in [0.15, 0.2) is 48.5 Å². The lowest BCUT2D eigenvalue weighted by molar-refractivity contribution is -0.127. The van der Waals surface area contributed by atoms with E-state index in [4.69, 9.17) is 27.9 Å². The van der Waals surface area contributed by atoms with Crippen LogP contribution in [0.5, 0.6) is 5.75 Å². The number of rotatable bonds is 4. The lowest BCUT2D eigenvalue weighted by Crippen LogP contribution is -2.50. The van der Waals surface area contributed by atoms with E-state index in [1.807, 2.05) is 0 Å². The summed E-state index contributed by atoms with van der Waals surface area (Å²) in [5.41, 5.74) is 1.41. The minimum atomic E-state index is -0.0948. The van der Waals surface area contributed by atoms with Gasteiger partial charge >= 0.3 is 0 Å². The number of carbonyl (C=O) groups excluding carboxylic acids is 2. The number of amides is 2. The van der Waals surface area contributed by atoms with E-state index in [0.717, 1.165) is 5.56 Å². The van der Waals surface area contributed by atoms with Crippen molar-refractivity contribution in [1.82, 2.24) is 9.80 Å². The van der Waals surface area contributed by atoms with Crippen LogP contribution in [0.4, 0.5) is 0 Å². The summed E-state index contributed by atoms with van der Waals surface area (Å²) in [7, 11) is 1.59. The van der Waals surface area contributed by atoms with Crippen molar-refractivity contribution >= 4 is 41.1 Å². The van der Waals surface area contributed by atoms with Gasteiger partial charge in [0, 0.05) is 37.8 Å². The van der Waals surface area contributed by atoms with Crippen LogP contribution in [0.1, 0.15) is 15.9 Å². The Morgan fingerprint density at radius 3 is 2.18 bits per heavy atom. The molecule has 1 fully saturated rings. The summed E-state index contributed by atoms with van der Waals surface area (Å²) in [5.74, 6) is 0.574. The number of nitrogens with zero attached hydrogens (tertiary/aromatic N) is 2. The number of benzene rings is 2. The molecule has 0 spiro atoms. The van der Waals surface area contributed by atoms with Crippen LogP contribution in [0.25, 0.3) is 6.08 Å². The van der Waals surface area contributed by atoms with E-state index in [2.05, 4.69) is 0 Å². The number of halogens is 2. The summed E-state index contributed by atoms with van der Waals surface area (Å²) in [6.45, 7) is 1.98. The maximum atomic E-state index is 12.6. The largest absolute Gasteiger partial charge is 0.497 e. The van der Waals surface area contributed by atoms with Crippen molar-refractivity contribution in [2.45, 2.75) is 0 Å². The highest BCUT2D eigenvalue weighted by molar-refractivity contribution is 6.42. The number of piperazine rings is 1. The Labute approximate surface area is 174 Å². The third-order valence-corrected chi connectivity index (χ3v) is 5.32. The molecule has 0 unspecified atom stereocenters. The normalized spacial score (nSPS) is 14.4. The average molecular weight is 419 g/mol. The molecule has 7 heteroatoms. The van der Waals surface area contributed by atoms with Crippen molar-refractivity contribution in [2.24, 2.45) is 0 Å². The second kappa shape index (κ2) is 9.13. The minimum Gasteiger partial charge on any atom is -0.497 e. The Kier molecular flexibility index (Phi) is 6.60. The fraction of sp³-hybridized carbons (Fsp3) is 0.238. The van der Waals surface area contributed by atoms with Crippen LogP contribution in [-0.4, -0.2) is 54.9 Å². The van der Waals surface area contributed by atoms with Gasteiger partial charge in [0.15, 0.2) is 0 Å². The summed E-state index contributed by atoms with van der Waals surface area (Å²) in [6, 6.07) is 12.2. The molecular weight excluding hydrogens is 399 g/mol. The van der Waals surface area contributed by atoms with E-state index in [0.29, 0.717) is 47.5 Å². The van der Waals surface area contributed by atoms with Crippen molar-refractivity contribution in [3.63, 3.8) is 0 Å². The number of methoxy groups -OCH3 is 1. The van der Waals surface area contributed by atoms with Gasteiger partial charge in [-0.3, -0.25) is 9.59 Å². The van der Waals surface area contributed by atoms with Gasteiger partial charge in [-0.05, 0) is 48.0 Å². The molecule has 2 aromatic carbocycles. The number of hydrogen-bond acceptors (Lipinski definition) is 3. The van der Waals surface area contributed by atoms with E-state index < -0.39 is 0 Å². The number of carbonyl (C=O) groups is 2. The predicted molar refractivity (Wildman–Crippen MR) is 111 cm³/mol. The molecule has 1 saturated heterocycles. The highest BCUT2D eigenvalue weighted by Crippen LogP contribution is 2.23. The monoisotopic (exact) mass is 418 g/mol. The van der Waals surface area contributed by atoms with Crippen LogP contribution in [0.2, 0.25) is 10.0 Å². The molecule has 1 aliphatic heterocycles. The molecular formula is C21H20Cl2N2O3. The van der Waals surface area contributed by atoms with Gasteiger partial charge in [-0.2, -0.15) is 0 Å². The lowest BCUT2D eigenvalue weighted by Gasteiger charge is -2.34. The molecule has 28 heavy (non-hydrogen) atoms. The molecule has 5 nitrogen and oxygen atoms in total. The summed E-state index contributed by atoms with van der Waals surface area (Å²) < 4.78 is 5.11. The molecule has 2 amide bonds. The second-order valence-electron chi connectivity index (χ2n) is 6.35. The van der Waals surface area contributed by atoms with Crippen molar-refractivity contribution in [2.75, 3.05) is 33.3 Å². The van der Waals surface area contributed by atoms with Crippen LogP contribution in [-0.2, 0) is 4.79 Å². The van der Waals surface area contributed by atoms with E-state index >= 15 is 0 Å². The Morgan fingerprint density at radius 1 is 0.929 bits per heavy atom. The van der Waals surface area contributed by atoms with Gasteiger partial charge in [-0.25, -0.2) is 0 Å². The molecule has 0 aromatic heterocycles. The number of ether oxygens (including phenoxy) is 1. The van der Waals surface area contributed by atoms with Crippen molar-refractivity contribution in [3.8, 4) is 5.75 Å². The van der Waals surface area contributed by atoms with Gasteiger partial charge in [0.1, 0.15) is 5.75 Å². The Bertz CT molecular complexity index is 889. The smallest absolute Gasteiger partial charge is 0.253 e. The average Bonchev–Trinajstić information content (AvgIpc) is 2.74. The van der Waals surface area contributed by atoms with Crippen LogP contribution in [0, 0.1) is 0 Å². The first kappa shape index (κ1) is 20.2. The fourth-order valence-electron chi connectivity index (χ4n) is 2.94. The van der Waals surface area contributed by atoms with Gasteiger partial charge in [-0.15, -0.1) is 0 Å². The molecule has 3 rings (SSSR count). The Balaban J connectivity index is 1.55. The van der Waals surface area contributed by atoms with Gasteiger partial charge < -0.3 is 14.5 Å². The zero-order valence-corrected chi connectivity index (χ0v) is 16.9. The maximum Gasteiger partial charge on any atom is 0.253 e. The molecule has 146 valence electrons. The molecule has 0 N–H and O–H groups in total. The van der Waals surface area contributed by atoms with Gasteiger partial charge in [0.25, 0.3) is 5.91 Å². The first-order valence-electron chi connectivity index (χ1n) is 8.83. The lowest BCUT2D eigenvalue weighted by atomic mass is 10.1. The second-order valence-corrected chi connectivity index (χ2v) is 7.17. The quantitative estimate of drug-likeness (QED) is 0.704.